The van der Waals surface area contributed by atoms with Gasteiger partial charge in [-0.1, -0.05) is 34.4 Å². The normalized spacial score (nSPS) is 14.3. The predicted octanol–water partition coefficient (Wildman–Crippen LogP) is 7.73. The van der Waals surface area contributed by atoms with Crippen molar-refractivity contribution in [3.05, 3.63) is 66.9 Å². The minimum absolute atomic E-state index is 0.00981. The van der Waals surface area contributed by atoms with Gasteiger partial charge in [-0.25, -0.2) is 0 Å². The van der Waals surface area contributed by atoms with Crippen LogP contribution in [-0.4, -0.2) is 5.16 Å². The van der Waals surface area contributed by atoms with Gasteiger partial charge in [-0.2, -0.15) is 13.2 Å². The van der Waals surface area contributed by atoms with Gasteiger partial charge in [0.2, 0.25) is 0 Å². The van der Waals surface area contributed by atoms with Gasteiger partial charge in [0.1, 0.15) is 23.8 Å². The fourth-order valence-corrected chi connectivity index (χ4v) is 4.23. The highest BCUT2D eigenvalue weighted by Crippen LogP contribution is 2.46. The summed E-state index contributed by atoms with van der Waals surface area (Å²) in [5.41, 5.74) is 0.875. The lowest BCUT2D eigenvalue weighted by Gasteiger charge is -2.13. The van der Waals surface area contributed by atoms with Crippen LogP contribution in [-0.2, 0) is 12.8 Å². The SMILES string of the molecule is FC(F)(F)c1cc(OCc2c(-c3c(Cl)cccc3Cl)noc2C2CC2)ccc1I. The van der Waals surface area contributed by atoms with Crippen molar-refractivity contribution in [2.75, 3.05) is 0 Å². The average molecular weight is 554 g/mol. The number of hydrogen-bond acceptors (Lipinski definition) is 3. The van der Waals surface area contributed by atoms with Crippen LogP contribution >= 0.6 is 45.8 Å². The summed E-state index contributed by atoms with van der Waals surface area (Å²) in [6, 6.07) is 8.97. The van der Waals surface area contributed by atoms with Gasteiger partial charge >= 0.3 is 6.18 Å². The molecule has 1 saturated carbocycles. The van der Waals surface area contributed by atoms with E-state index in [1.807, 2.05) is 0 Å². The highest BCUT2D eigenvalue weighted by molar-refractivity contribution is 14.1. The van der Waals surface area contributed by atoms with Crippen LogP contribution in [0.4, 0.5) is 13.2 Å². The Bertz CT molecular complexity index is 1040. The molecule has 0 amide bonds. The first kappa shape index (κ1) is 20.8. The zero-order chi connectivity index (χ0) is 20.8. The number of halogens is 6. The fourth-order valence-electron chi connectivity index (χ4n) is 3.02. The smallest absolute Gasteiger partial charge is 0.417 e. The fraction of sp³-hybridized carbons (Fsp3) is 0.250. The molecule has 0 unspecified atom stereocenters. The lowest BCUT2D eigenvalue weighted by molar-refractivity contribution is -0.138. The quantitative estimate of drug-likeness (QED) is 0.303. The zero-order valence-corrected chi connectivity index (χ0v) is 18.4. The summed E-state index contributed by atoms with van der Waals surface area (Å²) in [4.78, 5) is 0. The molecule has 1 aliphatic rings. The van der Waals surface area contributed by atoms with E-state index in [1.54, 1.807) is 40.8 Å². The maximum Gasteiger partial charge on any atom is 0.417 e. The van der Waals surface area contributed by atoms with E-state index >= 15 is 0 Å². The highest BCUT2D eigenvalue weighted by Gasteiger charge is 2.35. The molecule has 0 saturated heterocycles. The van der Waals surface area contributed by atoms with E-state index in [0.29, 0.717) is 32.6 Å². The van der Waals surface area contributed by atoms with Crippen LogP contribution in [0, 0.1) is 3.57 Å². The largest absolute Gasteiger partial charge is 0.489 e. The lowest BCUT2D eigenvalue weighted by Crippen LogP contribution is -2.08. The highest BCUT2D eigenvalue weighted by atomic mass is 127. The minimum Gasteiger partial charge on any atom is -0.489 e. The Morgan fingerprint density at radius 1 is 1.14 bits per heavy atom. The molecule has 0 radical (unpaired) electrons. The Kier molecular flexibility index (Phi) is 5.74. The molecule has 3 aromatic rings. The molecule has 152 valence electrons. The zero-order valence-electron chi connectivity index (χ0n) is 14.7. The van der Waals surface area contributed by atoms with Crippen molar-refractivity contribution < 1.29 is 22.4 Å². The van der Waals surface area contributed by atoms with Crippen molar-refractivity contribution in [2.24, 2.45) is 0 Å². The van der Waals surface area contributed by atoms with Gasteiger partial charge in [-0.3, -0.25) is 0 Å². The van der Waals surface area contributed by atoms with Crippen LogP contribution in [0.25, 0.3) is 11.3 Å². The summed E-state index contributed by atoms with van der Waals surface area (Å²) in [5, 5.41) is 4.96. The summed E-state index contributed by atoms with van der Waals surface area (Å²) in [6.45, 7) is -0.00981. The van der Waals surface area contributed by atoms with E-state index < -0.39 is 11.7 Å². The van der Waals surface area contributed by atoms with Crippen molar-refractivity contribution in [1.82, 2.24) is 5.16 Å². The number of benzene rings is 2. The number of rotatable bonds is 5. The molecule has 1 aromatic heterocycles. The van der Waals surface area contributed by atoms with Gasteiger partial charge < -0.3 is 9.26 Å². The molecule has 0 spiro atoms. The van der Waals surface area contributed by atoms with Gasteiger partial charge in [-0.15, -0.1) is 0 Å². The molecule has 0 bridgehead atoms. The number of nitrogens with zero attached hydrogens (tertiary/aromatic N) is 1. The third-order valence-corrected chi connectivity index (χ3v) is 6.16. The van der Waals surface area contributed by atoms with Gasteiger partial charge in [-0.05, 0) is 65.8 Å². The molecule has 1 aliphatic carbocycles. The third kappa shape index (κ3) is 4.36. The Labute approximate surface area is 188 Å². The van der Waals surface area contributed by atoms with Gasteiger partial charge in [0, 0.05) is 15.1 Å². The Morgan fingerprint density at radius 3 is 2.45 bits per heavy atom. The number of alkyl halides is 3. The van der Waals surface area contributed by atoms with Gasteiger partial charge in [0.15, 0.2) is 0 Å². The molecule has 29 heavy (non-hydrogen) atoms. The van der Waals surface area contributed by atoms with Crippen molar-refractivity contribution >= 4 is 45.8 Å². The van der Waals surface area contributed by atoms with E-state index in [2.05, 4.69) is 5.16 Å². The van der Waals surface area contributed by atoms with E-state index in [-0.39, 0.29) is 21.8 Å². The van der Waals surface area contributed by atoms with Crippen molar-refractivity contribution in [3.8, 4) is 17.0 Å². The second kappa shape index (κ2) is 8.00. The summed E-state index contributed by atoms with van der Waals surface area (Å²) >= 11 is 14.3. The van der Waals surface area contributed by atoms with Gasteiger partial charge in [0.05, 0.1) is 21.2 Å². The molecule has 0 N–H and O–H groups in total. The summed E-state index contributed by atoms with van der Waals surface area (Å²) in [7, 11) is 0. The number of ether oxygens (including phenoxy) is 1. The molecular formula is C20H13Cl2F3INO2. The molecule has 1 fully saturated rings. The Morgan fingerprint density at radius 2 is 1.83 bits per heavy atom. The number of hydrogen-bond donors (Lipinski definition) is 0. The van der Waals surface area contributed by atoms with Crippen molar-refractivity contribution in [1.29, 1.82) is 0 Å². The molecule has 3 nitrogen and oxygen atoms in total. The molecule has 0 aliphatic heterocycles. The summed E-state index contributed by atoms with van der Waals surface area (Å²) < 4.78 is 50.9. The Hall–Kier alpha value is -1.45. The first-order valence-electron chi connectivity index (χ1n) is 8.68. The lowest BCUT2D eigenvalue weighted by atomic mass is 10.0. The van der Waals surface area contributed by atoms with E-state index in [0.717, 1.165) is 18.9 Å². The standard InChI is InChI=1S/C20H13Cl2F3INO2/c21-14-2-1-3-15(22)17(14)18-12(19(29-27-18)10-4-5-10)9-28-11-6-7-16(26)13(8-11)20(23,24)25/h1-3,6-8,10H,4-5,9H2. The monoisotopic (exact) mass is 553 g/mol. The maximum absolute atomic E-state index is 13.2. The predicted molar refractivity (Wildman–Crippen MR) is 112 cm³/mol. The van der Waals surface area contributed by atoms with Crippen LogP contribution in [0.15, 0.2) is 40.9 Å². The third-order valence-electron chi connectivity index (χ3n) is 4.59. The van der Waals surface area contributed by atoms with E-state index in [9.17, 15) is 13.2 Å². The molecule has 9 heteroatoms. The topological polar surface area (TPSA) is 35.3 Å². The van der Waals surface area contributed by atoms with Gasteiger partial charge in [0.25, 0.3) is 0 Å². The molecule has 0 atom stereocenters. The van der Waals surface area contributed by atoms with Crippen LogP contribution in [0.3, 0.4) is 0 Å². The first-order chi connectivity index (χ1) is 13.8. The molecular weight excluding hydrogens is 541 g/mol. The van der Waals surface area contributed by atoms with Crippen molar-refractivity contribution in [2.45, 2.75) is 31.5 Å². The molecule has 1 heterocycles. The second-order valence-corrected chi connectivity index (χ2v) is 8.65. The van der Waals surface area contributed by atoms with Crippen LogP contribution in [0.1, 0.15) is 35.6 Å². The minimum atomic E-state index is -4.46. The molecule has 4 rings (SSSR count). The van der Waals surface area contributed by atoms with Crippen LogP contribution in [0.5, 0.6) is 5.75 Å². The van der Waals surface area contributed by atoms with Crippen LogP contribution < -0.4 is 4.74 Å². The maximum atomic E-state index is 13.2. The second-order valence-electron chi connectivity index (χ2n) is 6.67. The molecule has 2 aromatic carbocycles. The van der Waals surface area contributed by atoms with Crippen LogP contribution in [0.2, 0.25) is 10.0 Å². The summed E-state index contributed by atoms with van der Waals surface area (Å²) in [6.07, 6.45) is -2.54. The average Bonchev–Trinajstić information content (AvgIpc) is 3.41. The van der Waals surface area contributed by atoms with E-state index in [1.165, 1.54) is 12.1 Å². The van der Waals surface area contributed by atoms with E-state index in [4.69, 9.17) is 32.5 Å². The van der Waals surface area contributed by atoms with Crippen molar-refractivity contribution in [3.63, 3.8) is 0 Å². The number of aromatic nitrogens is 1. The Balaban J connectivity index is 1.68. The summed E-state index contributed by atoms with van der Waals surface area (Å²) in [5.74, 6) is 0.994. The first-order valence-corrected chi connectivity index (χ1v) is 10.5.